The number of nitrogens with one attached hydrogen (secondary N) is 1. The molecule has 1 aliphatic heterocycles. The summed E-state index contributed by atoms with van der Waals surface area (Å²) in [7, 11) is 0. The molecule has 98 valence electrons. The van der Waals surface area contributed by atoms with Gasteiger partial charge in [0.1, 0.15) is 0 Å². The number of aryl methyl sites for hydroxylation is 1. The van der Waals surface area contributed by atoms with Crippen LogP contribution in [0.4, 0.5) is 11.4 Å². The van der Waals surface area contributed by atoms with E-state index in [0.29, 0.717) is 5.92 Å². The van der Waals surface area contributed by atoms with Crippen molar-refractivity contribution >= 4 is 11.4 Å². The van der Waals surface area contributed by atoms with Crippen LogP contribution in [0.15, 0.2) is 36.7 Å². The van der Waals surface area contributed by atoms with Crippen molar-refractivity contribution in [1.82, 2.24) is 4.98 Å². The van der Waals surface area contributed by atoms with Crippen LogP contribution >= 0.6 is 0 Å². The van der Waals surface area contributed by atoms with E-state index in [9.17, 15) is 0 Å². The van der Waals surface area contributed by atoms with Crippen LogP contribution in [0.5, 0.6) is 0 Å². The van der Waals surface area contributed by atoms with Gasteiger partial charge in [0, 0.05) is 23.8 Å². The minimum Gasteiger partial charge on any atom is -0.355 e. The van der Waals surface area contributed by atoms with Crippen LogP contribution in [0.3, 0.4) is 0 Å². The lowest BCUT2D eigenvalue weighted by Crippen LogP contribution is -2.08. The molecule has 1 aromatic heterocycles. The molecule has 2 heterocycles. The zero-order valence-corrected chi connectivity index (χ0v) is 11.6. The molecule has 19 heavy (non-hydrogen) atoms. The topological polar surface area (TPSA) is 24.9 Å². The molecule has 2 heteroatoms. The molecular formula is C17H20N2. The summed E-state index contributed by atoms with van der Waals surface area (Å²) in [4.78, 5) is 4.23. The number of pyridine rings is 1. The Morgan fingerprint density at radius 1 is 1.11 bits per heavy atom. The van der Waals surface area contributed by atoms with Crippen LogP contribution in [0.1, 0.15) is 42.9 Å². The maximum absolute atomic E-state index is 4.23. The fourth-order valence-corrected chi connectivity index (χ4v) is 2.89. The molecule has 0 unspecified atom stereocenters. The molecule has 1 N–H and O–H groups in total. The van der Waals surface area contributed by atoms with Crippen LogP contribution in [0, 0.1) is 0 Å². The number of rotatable bonds is 1. The first-order valence-corrected chi connectivity index (χ1v) is 7.07. The van der Waals surface area contributed by atoms with E-state index in [1.54, 1.807) is 0 Å². The summed E-state index contributed by atoms with van der Waals surface area (Å²) in [5.74, 6) is 0.577. The summed E-state index contributed by atoms with van der Waals surface area (Å²) in [6.45, 7) is 4.54. The first kappa shape index (κ1) is 12.2. The average molecular weight is 252 g/mol. The zero-order chi connectivity index (χ0) is 13.2. The van der Waals surface area contributed by atoms with Crippen molar-refractivity contribution < 1.29 is 0 Å². The highest BCUT2D eigenvalue weighted by atomic mass is 14.9. The summed E-state index contributed by atoms with van der Waals surface area (Å²) >= 11 is 0. The SMILES string of the molecule is CC(C)c1cccc2c1CCCc1cnccc1N2. The quantitative estimate of drug-likeness (QED) is 0.811. The third-order valence-corrected chi connectivity index (χ3v) is 3.88. The third kappa shape index (κ3) is 2.35. The van der Waals surface area contributed by atoms with Gasteiger partial charge in [-0.3, -0.25) is 4.98 Å². The van der Waals surface area contributed by atoms with Crippen molar-refractivity contribution in [2.24, 2.45) is 0 Å². The van der Waals surface area contributed by atoms with Crippen LogP contribution in [-0.4, -0.2) is 4.98 Å². The molecule has 2 aromatic rings. The highest BCUT2D eigenvalue weighted by Crippen LogP contribution is 2.33. The zero-order valence-electron chi connectivity index (χ0n) is 11.6. The van der Waals surface area contributed by atoms with Gasteiger partial charge in [0.2, 0.25) is 0 Å². The molecule has 3 rings (SSSR count). The molecule has 0 spiro atoms. The number of benzene rings is 1. The number of hydrogen-bond acceptors (Lipinski definition) is 2. The van der Waals surface area contributed by atoms with Gasteiger partial charge in [0.05, 0.1) is 0 Å². The second kappa shape index (κ2) is 5.04. The number of hydrogen-bond donors (Lipinski definition) is 1. The van der Waals surface area contributed by atoms with E-state index < -0.39 is 0 Å². The van der Waals surface area contributed by atoms with Gasteiger partial charge in [-0.05, 0) is 54.0 Å². The molecule has 0 bridgehead atoms. The lowest BCUT2D eigenvalue weighted by atomic mass is 9.90. The van der Waals surface area contributed by atoms with E-state index in [4.69, 9.17) is 0 Å². The van der Waals surface area contributed by atoms with Gasteiger partial charge in [-0.15, -0.1) is 0 Å². The van der Waals surface area contributed by atoms with Gasteiger partial charge in [0.25, 0.3) is 0 Å². The van der Waals surface area contributed by atoms with Gasteiger partial charge >= 0.3 is 0 Å². The van der Waals surface area contributed by atoms with Crippen LogP contribution < -0.4 is 5.32 Å². The number of nitrogens with zero attached hydrogens (tertiary/aromatic N) is 1. The van der Waals surface area contributed by atoms with Crippen molar-refractivity contribution in [3.63, 3.8) is 0 Å². The van der Waals surface area contributed by atoms with E-state index in [0.717, 1.165) is 12.8 Å². The van der Waals surface area contributed by atoms with Crippen molar-refractivity contribution in [3.05, 3.63) is 53.3 Å². The van der Waals surface area contributed by atoms with E-state index in [1.165, 1.54) is 34.5 Å². The highest BCUT2D eigenvalue weighted by molar-refractivity contribution is 5.68. The maximum Gasteiger partial charge on any atom is 0.0447 e. The van der Waals surface area contributed by atoms with E-state index in [-0.39, 0.29) is 0 Å². The standard InChI is InChI=1S/C17H20N2/c1-12(2)14-6-4-8-17-15(14)7-3-5-13-11-18-10-9-16(13)19-17/h4,6,8-12,19H,3,5,7H2,1-2H3. The van der Waals surface area contributed by atoms with Gasteiger partial charge in [-0.25, -0.2) is 0 Å². The first-order valence-electron chi connectivity index (χ1n) is 7.07. The van der Waals surface area contributed by atoms with Gasteiger partial charge < -0.3 is 5.32 Å². The van der Waals surface area contributed by atoms with Crippen molar-refractivity contribution in [3.8, 4) is 0 Å². The Hall–Kier alpha value is -1.83. The fourth-order valence-electron chi connectivity index (χ4n) is 2.89. The summed E-state index contributed by atoms with van der Waals surface area (Å²) in [6, 6.07) is 8.69. The molecule has 0 fully saturated rings. The van der Waals surface area contributed by atoms with Gasteiger partial charge in [-0.1, -0.05) is 26.0 Å². The van der Waals surface area contributed by atoms with E-state index in [2.05, 4.69) is 48.4 Å². The Kier molecular flexibility index (Phi) is 3.24. The van der Waals surface area contributed by atoms with Crippen molar-refractivity contribution in [1.29, 1.82) is 0 Å². The molecule has 0 amide bonds. The molecular weight excluding hydrogens is 232 g/mol. The largest absolute Gasteiger partial charge is 0.355 e. The van der Waals surface area contributed by atoms with Crippen molar-refractivity contribution in [2.45, 2.75) is 39.0 Å². The Morgan fingerprint density at radius 2 is 2.00 bits per heavy atom. The maximum atomic E-state index is 4.23. The predicted octanol–water partition coefficient (Wildman–Crippen LogP) is 4.44. The van der Waals surface area contributed by atoms with Crippen LogP contribution in [-0.2, 0) is 12.8 Å². The fraction of sp³-hybridized carbons (Fsp3) is 0.353. The monoisotopic (exact) mass is 252 g/mol. The summed E-state index contributed by atoms with van der Waals surface area (Å²) < 4.78 is 0. The normalized spacial score (nSPS) is 14.1. The lowest BCUT2D eigenvalue weighted by molar-refractivity contribution is 0.779. The van der Waals surface area contributed by atoms with Gasteiger partial charge in [0.15, 0.2) is 0 Å². The number of fused-ring (bicyclic) bond motifs is 2. The minimum absolute atomic E-state index is 0.577. The molecule has 1 aliphatic rings. The molecule has 2 nitrogen and oxygen atoms in total. The summed E-state index contributed by atoms with van der Waals surface area (Å²) in [6.07, 6.45) is 7.28. The van der Waals surface area contributed by atoms with E-state index in [1.807, 2.05) is 12.4 Å². The molecule has 0 aliphatic carbocycles. The summed E-state index contributed by atoms with van der Waals surface area (Å²) in [5, 5.41) is 3.60. The molecule has 0 saturated heterocycles. The average Bonchev–Trinajstić information content (AvgIpc) is 2.38. The van der Waals surface area contributed by atoms with E-state index >= 15 is 0 Å². The first-order chi connectivity index (χ1) is 9.25. The predicted molar refractivity (Wildman–Crippen MR) is 80.1 cm³/mol. The Balaban J connectivity index is 2.08. The molecule has 0 saturated carbocycles. The third-order valence-electron chi connectivity index (χ3n) is 3.88. The number of aromatic nitrogens is 1. The van der Waals surface area contributed by atoms with Crippen LogP contribution in [0.25, 0.3) is 0 Å². The Bertz CT molecular complexity index is 588. The van der Waals surface area contributed by atoms with Crippen LogP contribution in [0.2, 0.25) is 0 Å². The van der Waals surface area contributed by atoms with Gasteiger partial charge in [-0.2, -0.15) is 0 Å². The lowest BCUT2D eigenvalue weighted by Gasteiger charge is -2.22. The molecule has 0 atom stereocenters. The second-order valence-electron chi connectivity index (χ2n) is 5.54. The minimum atomic E-state index is 0.577. The Morgan fingerprint density at radius 3 is 2.84 bits per heavy atom. The summed E-state index contributed by atoms with van der Waals surface area (Å²) in [5.41, 5.74) is 6.75. The smallest absolute Gasteiger partial charge is 0.0447 e. The van der Waals surface area contributed by atoms with Crippen molar-refractivity contribution in [2.75, 3.05) is 5.32 Å². The number of anilines is 2. The molecule has 0 radical (unpaired) electrons. The highest BCUT2D eigenvalue weighted by Gasteiger charge is 2.15. The molecule has 1 aromatic carbocycles. The Labute approximate surface area is 114 Å². The second-order valence-corrected chi connectivity index (χ2v) is 5.54.